The van der Waals surface area contributed by atoms with Crippen LogP contribution in [0.5, 0.6) is 0 Å². The van der Waals surface area contributed by atoms with E-state index in [0.717, 1.165) is 56.9 Å². The minimum absolute atomic E-state index is 0.0162. The van der Waals surface area contributed by atoms with Crippen LogP contribution in [-0.4, -0.2) is 61.1 Å². The molecule has 1 fully saturated rings. The van der Waals surface area contributed by atoms with Crippen molar-refractivity contribution < 1.29 is 4.79 Å². The van der Waals surface area contributed by atoms with Crippen LogP contribution >= 0.6 is 0 Å². The SMILES string of the molecule is CCC(C)N1CCN(C(=O)Nc2ccc(N(CC)CC)cc2C)CC1. The summed E-state index contributed by atoms with van der Waals surface area (Å²) in [5.74, 6) is 0. The lowest BCUT2D eigenvalue weighted by Crippen LogP contribution is -2.52. The Morgan fingerprint density at radius 3 is 2.32 bits per heavy atom. The molecule has 0 aromatic heterocycles. The Hall–Kier alpha value is -1.75. The number of piperazine rings is 1. The molecule has 0 spiro atoms. The summed E-state index contributed by atoms with van der Waals surface area (Å²) >= 11 is 0. The number of carbonyl (C=O) groups excluding carboxylic acids is 1. The first-order chi connectivity index (χ1) is 12.0. The van der Waals surface area contributed by atoms with Gasteiger partial charge in [-0.05, 0) is 57.9 Å². The number of aryl methyl sites for hydroxylation is 1. The standard InChI is InChI=1S/C20H34N4O/c1-6-17(5)23-11-13-24(14-12-23)20(25)21-19-10-9-18(15-16(19)4)22(7-2)8-3/h9-10,15,17H,6-8,11-14H2,1-5H3,(H,21,25). The lowest BCUT2D eigenvalue weighted by Gasteiger charge is -2.37. The van der Waals surface area contributed by atoms with E-state index >= 15 is 0 Å². The molecule has 5 nitrogen and oxygen atoms in total. The lowest BCUT2D eigenvalue weighted by molar-refractivity contribution is 0.117. The molecular weight excluding hydrogens is 312 g/mol. The fourth-order valence-electron chi connectivity index (χ4n) is 3.39. The van der Waals surface area contributed by atoms with Crippen LogP contribution in [-0.2, 0) is 0 Å². The number of urea groups is 1. The Morgan fingerprint density at radius 2 is 1.80 bits per heavy atom. The van der Waals surface area contributed by atoms with E-state index in [0.29, 0.717) is 6.04 Å². The third-order valence-corrected chi connectivity index (χ3v) is 5.40. The fourth-order valence-corrected chi connectivity index (χ4v) is 3.39. The number of nitrogens with zero attached hydrogens (tertiary/aromatic N) is 3. The van der Waals surface area contributed by atoms with Gasteiger partial charge in [0.15, 0.2) is 0 Å². The summed E-state index contributed by atoms with van der Waals surface area (Å²) in [5, 5.41) is 3.09. The zero-order valence-corrected chi connectivity index (χ0v) is 16.5. The quantitative estimate of drug-likeness (QED) is 0.852. The Bertz CT molecular complexity index is 563. The van der Waals surface area contributed by atoms with Crippen molar-refractivity contribution in [1.82, 2.24) is 9.80 Å². The topological polar surface area (TPSA) is 38.8 Å². The minimum atomic E-state index is 0.0162. The van der Waals surface area contributed by atoms with E-state index < -0.39 is 0 Å². The summed E-state index contributed by atoms with van der Waals surface area (Å²) in [5.41, 5.74) is 3.23. The molecule has 0 bridgehead atoms. The maximum Gasteiger partial charge on any atom is 0.321 e. The summed E-state index contributed by atoms with van der Waals surface area (Å²) in [6.45, 7) is 16.4. The first kappa shape index (κ1) is 19.6. The van der Waals surface area contributed by atoms with E-state index in [1.54, 1.807) is 0 Å². The van der Waals surface area contributed by atoms with Crippen LogP contribution in [0.2, 0.25) is 0 Å². The highest BCUT2D eigenvalue weighted by atomic mass is 16.2. The Kier molecular flexibility index (Phi) is 7.12. The lowest BCUT2D eigenvalue weighted by atomic mass is 10.1. The van der Waals surface area contributed by atoms with Gasteiger partial charge in [0.1, 0.15) is 0 Å². The van der Waals surface area contributed by atoms with Crippen molar-refractivity contribution in [2.75, 3.05) is 49.5 Å². The van der Waals surface area contributed by atoms with Crippen molar-refractivity contribution in [3.8, 4) is 0 Å². The summed E-state index contributed by atoms with van der Waals surface area (Å²) < 4.78 is 0. The molecule has 1 aromatic carbocycles. The molecule has 0 radical (unpaired) electrons. The molecule has 1 aliphatic rings. The van der Waals surface area contributed by atoms with E-state index in [9.17, 15) is 4.79 Å². The number of anilines is 2. The van der Waals surface area contributed by atoms with Gasteiger partial charge < -0.3 is 15.1 Å². The molecule has 1 heterocycles. The average Bonchev–Trinajstić information content (AvgIpc) is 2.64. The Morgan fingerprint density at radius 1 is 1.16 bits per heavy atom. The van der Waals surface area contributed by atoms with Gasteiger partial charge in [0.05, 0.1) is 0 Å². The third-order valence-electron chi connectivity index (χ3n) is 5.40. The number of amides is 2. The molecule has 1 atom stereocenters. The van der Waals surface area contributed by atoms with E-state index in [4.69, 9.17) is 0 Å². The van der Waals surface area contributed by atoms with Crippen LogP contribution in [0.25, 0.3) is 0 Å². The Labute approximate surface area is 153 Å². The highest BCUT2D eigenvalue weighted by Crippen LogP contribution is 2.23. The molecule has 5 heteroatoms. The normalized spacial score (nSPS) is 16.6. The summed E-state index contributed by atoms with van der Waals surface area (Å²) in [4.78, 5) is 19.3. The molecule has 1 saturated heterocycles. The van der Waals surface area contributed by atoms with E-state index in [1.165, 1.54) is 5.69 Å². The van der Waals surface area contributed by atoms with Crippen LogP contribution in [0.3, 0.4) is 0 Å². The molecule has 1 N–H and O–H groups in total. The number of benzene rings is 1. The second-order valence-corrected chi connectivity index (χ2v) is 6.88. The van der Waals surface area contributed by atoms with Gasteiger partial charge in [-0.1, -0.05) is 6.92 Å². The van der Waals surface area contributed by atoms with Gasteiger partial charge >= 0.3 is 6.03 Å². The first-order valence-electron chi connectivity index (χ1n) is 9.65. The average molecular weight is 347 g/mol. The molecule has 0 saturated carbocycles. The number of hydrogen-bond donors (Lipinski definition) is 1. The van der Waals surface area contributed by atoms with Gasteiger partial charge in [0.25, 0.3) is 0 Å². The van der Waals surface area contributed by atoms with Crippen molar-refractivity contribution in [3.05, 3.63) is 23.8 Å². The van der Waals surface area contributed by atoms with Gasteiger partial charge in [-0.25, -0.2) is 4.79 Å². The summed E-state index contributed by atoms with van der Waals surface area (Å²) in [6.07, 6.45) is 1.16. The van der Waals surface area contributed by atoms with Crippen LogP contribution in [0.4, 0.5) is 16.2 Å². The zero-order chi connectivity index (χ0) is 18.4. The molecule has 0 aliphatic carbocycles. The van der Waals surface area contributed by atoms with Crippen LogP contribution in [0.1, 0.15) is 39.7 Å². The monoisotopic (exact) mass is 346 g/mol. The molecule has 1 aromatic rings. The predicted molar refractivity (Wildman–Crippen MR) is 107 cm³/mol. The molecule has 2 amide bonds. The van der Waals surface area contributed by atoms with E-state index in [-0.39, 0.29) is 6.03 Å². The maximum absolute atomic E-state index is 12.6. The largest absolute Gasteiger partial charge is 0.372 e. The molecule has 1 aliphatic heterocycles. The maximum atomic E-state index is 12.6. The van der Waals surface area contributed by atoms with Crippen molar-refractivity contribution in [2.24, 2.45) is 0 Å². The molecule has 25 heavy (non-hydrogen) atoms. The molecule has 2 rings (SSSR count). The first-order valence-corrected chi connectivity index (χ1v) is 9.65. The molecular formula is C20H34N4O. The van der Waals surface area contributed by atoms with E-state index in [2.05, 4.69) is 61.9 Å². The van der Waals surface area contributed by atoms with Gasteiger partial charge in [0, 0.05) is 56.7 Å². The van der Waals surface area contributed by atoms with E-state index in [1.807, 2.05) is 11.0 Å². The van der Waals surface area contributed by atoms with Crippen LogP contribution in [0, 0.1) is 6.92 Å². The third kappa shape index (κ3) is 4.88. The van der Waals surface area contributed by atoms with Gasteiger partial charge in [0.2, 0.25) is 0 Å². The predicted octanol–water partition coefficient (Wildman–Crippen LogP) is 3.79. The van der Waals surface area contributed by atoms with Gasteiger partial charge in [-0.3, -0.25) is 4.90 Å². The Balaban J connectivity index is 1.95. The van der Waals surface area contributed by atoms with Crippen LogP contribution < -0.4 is 10.2 Å². The molecule has 1 unspecified atom stereocenters. The van der Waals surface area contributed by atoms with Crippen LogP contribution in [0.15, 0.2) is 18.2 Å². The van der Waals surface area contributed by atoms with Crippen molar-refractivity contribution in [3.63, 3.8) is 0 Å². The van der Waals surface area contributed by atoms with Crippen molar-refractivity contribution >= 4 is 17.4 Å². The minimum Gasteiger partial charge on any atom is -0.372 e. The van der Waals surface area contributed by atoms with Gasteiger partial charge in [-0.2, -0.15) is 0 Å². The fraction of sp³-hybridized carbons (Fsp3) is 0.650. The number of rotatable bonds is 6. The highest BCUT2D eigenvalue weighted by molar-refractivity contribution is 5.90. The number of hydrogen-bond acceptors (Lipinski definition) is 3. The highest BCUT2D eigenvalue weighted by Gasteiger charge is 2.23. The van der Waals surface area contributed by atoms with Crippen molar-refractivity contribution in [1.29, 1.82) is 0 Å². The number of nitrogens with one attached hydrogen (secondary N) is 1. The second kappa shape index (κ2) is 9.09. The summed E-state index contributed by atoms with van der Waals surface area (Å²) in [7, 11) is 0. The smallest absolute Gasteiger partial charge is 0.321 e. The number of carbonyl (C=O) groups is 1. The second-order valence-electron chi connectivity index (χ2n) is 6.88. The zero-order valence-electron chi connectivity index (χ0n) is 16.5. The molecule has 140 valence electrons. The van der Waals surface area contributed by atoms with Gasteiger partial charge in [-0.15, -0.1) is 0 Å². The summed E-state index contributed by atoms with van der Waals surface area (Å²) in [6, 6.07) is 6.89. The van der Waals surface area contributed by atoms with Crippen molar-refractivity contribution in [2.45, 2.75) is 47.1 Å².